The van der Waals surface area contributed by atoms with Crippen LogP contribution in [0.2, 0.25) is 0 Å². The number of nitrogens with one attached hydrogen (secondary N) is 1. The minimum Gasteiger partial charge on any atom is -0.369 e. The van der Waals surface area contributed by atoms with Gasteiger partial charge < -0.3 is 15.6 Å². The van der Waals surface area contributed by atoms with Crippen LogP contribution in [-0.2, 0) is 0 Å². The van der Waals surface area contributed by atoms with Crippen LogP contribution < -0.4 is 10.6 Å². The van der Waals surface area contributed by atoms with E-state index in [0.29, 0.717) is 5.92 Å². The maximum atomic E-state index is 5.74. The Balaban J connectivity index is 2.00. The second-order valence-corrected chi connectivity index (χ2v) is 4.83. The molecule has 1 fully saturated rings. The largest absolute Gasteiger partial charge is 0.369 e. The topological polar surface area (TPSA) is 57.9 Å². The Kier molecular flexibility index (Phi) is 2.52. The van der Waals surface area contributed by atoms with E-state index >= 15 is 0 Å². The molecular formula is C13H18N4. The molecule has 3 N–H and O–H groups in total. The number of imidazole rings is 1. The van der Waals surface area contributed by atoms with Gasteiger partial charge >= 0.3 is 0 Å². The summed E-state index contributed by atoms with van der Waals surface area (Å²) in [5.74, 6) is 1.60. The molecule has 1 unspecified atom stereocenters. The van der Waals surface area contributed by atoms with Crippen LogP contribution in [0.15, 0.2) is 18.2 Å². The summed E-state index contributed by atoms with van der Waals surface area (Å²) in [6.45, 7) is 4.93. The number of para-hydroxylation sites is 1. The first-order valence-corrected chi connectivity index (χ1v) is 6.18. The molecule has 1 aliphatic heterocycles. The van der Waals surface area contributed by atoms with E-state index in [1.54, 1.807) is 0 Å². The lowest BCUT2D eigenvalue weighted by Gasteiger charge is -2.18. The lowest BCUT2D eigenvalue weighted by Crippen LogP contribution is -2.22. The molecule has 0 spiro atoms. The van der Waals surface area contributed by atoms with Crippen LogP contribution >= 0.6 is 0 Å². The number of nitrogens with zero attached hydrogens (tertiary/aromatic N) is 2. The van der Waals surface area contributed by atoms with Gasteiger partial charge in [0.2, 0.25) is 0 Å². The molecule has 0 aliphatic carbocycles. The molecule has 1 atom stereocenters. The van der Waals surface area contributed by atoms with Crippen LogP contribution in [0.4, 0.5) is 5.69 Å². The number of nitrogens with two attached hydrogens (primary N) is 1. The molecule has 1 aliphatic rings. The lowest BCUT2D eigenvalue weighted by molar-refractivity contribution is 0.603. The van der Waals surface area contributed by atoms with Gasteiger partial charge in [-0.3, -0.25) is 0 Å². The van der Waals surface area contributed by atoms with Crippen molar-refractivity contribution in [2.75, 3.05) is 24.5 Å². The summed E-state index contributed by atoms with van der Waals surface area (Å²) in [5, 5.41) is 0. The van der Waals surface area contributed by atoms with Crippen molar-refractivity contribution in [3.63, 3.8) is 0 Å². The van der Waals surface area contributed by atoms with Crippen molar-refractivity contribution in [1.82, 2.24) is 9.97 Å². The number of aromatic nitrogens is 2. The van der Waals surface area contributed by atoms with E-state index in [4.69, 9.17) is 5.73 Å². The highest BCUT2D eigenvalue weighted by atomic mass is 15.2. The van der Waals surface area contributed by atoms with Gasteiger partial charge in [-0.2, -0.15) is 0 Å². The number of aromatic amines is 1. The fourth-order valence-corrected chi connectivity index (χ4v) is 2.64. The molecule has 1 aromatic carbocycles. The average molecular weight is 230 g/mol. The van der Waals surface area contributed by atoms with Crippen LogP contribution in [0.5, 0.6) is 0 Å². The van der Waals surface area contributed by atoms with E-state index < -0.39 is 0 Å². The van der Waals surface area contributed by atoms with Crippen molar-refractivity contribution >= 4 is 16.7 Å². The van der Waals surface area contributed by atoms with Crippen LogP contribution in [-0.4, -0.2) is 29.6 Å². The molecule has 4 nitrogen and oxygen atoms in total. The average Bonchev–Trinajstić information content (AvgIpc) is 2.92. The predicted molar refractivity (Wildman–Crippen MR) is 70.2 cm³/mol. The highest BCUT2D eigenvalue weighted by Gasteiger charge is 2.23. The van der Waals surface area contributed by atoms with Gasteiger partial charge in [-0.25, -0.2) is 4.98 Å². The third-order valence-corrected chi connectivity index (χ3v) is 3.57. The predicted octanol–water partition coefficient (Wildman–Crippen LogP) is 1.66. The molecular weight excluding hydrogens is 212 g/mol. The standard InChI is InChI=1S/C13H18N4/c1-9-15-11-3-2-4-12(13(11)16-9)17-6-5-10(7-14)8-17/h2-4,10H,5-8,14H2,1H3,(H,15,16). The third-order valence-electron chi connectivity index (χ3n) is 3.57. The quantitative estimate of drug-likeness (QED) is 0.825. The van der Waals surface area contributed by atoms with Crippen molar-refractivity contribution < 1.29 is 0 Å². The van der Waals surface area contributed by atoms with Gasteiger partial charge in [0.15, 0.2) is 0 Å². The van der Waals surface area contributed by atoms with Gasteiger partial charge in [-0.05, 0) is 37.9 Å². The molecule has 1 aromatic heterocycles. The van der Waals surface area contributed by atoms with Crippen LogP contribution in [0, 0.1) is 12.8 Å². The Bertz CT molecular complexity index is 531. The second kappa shape index (κ2) is 4.04. The van der Waals surface area contributed by atoms with Crippen molar-refractivity contribution in [1.29, 1.82) is 0 Å². The van der Waals surface area contributed by atoms with Gasteiger partial charge in [-0.1, -0.05) is 6.07 Å². The molecule has 3 rings (SSSR count). The van der Waals surface area contributed by atoms with E-state index in [1.807, 2.05) is 6.92 Å². The Labute approximate surface area is 101 Å². The van der Waals surface area contributed by atoms with Gasteiger partial charge in [0.1, 0.15) is 11.3 Å². The van der Waals surface area contributed by atoms with E-state index in [2.05, 4.69) is 33.1 Å². The second-order valence-electron chi connectivity index (χ2n) is 4.83. The highest BCUT2D eigenvalue weighted by Crippen LogP contribution is 2.29. The van der Waals surface area contributed by atoms with Crippen LogP contribution in [0.3, 0.4) is 0 Å². The number of hydrogen-bond donors (Lipinski definition) is 2. The van der Waals surface area contributed by atoms with Gasteiger partial charge in [-0.15, -0.1) is 0 Å². The molecule has 90 valence electrons. The Morgan fingerprint density at radius 2 is 2.41 bits per heavy atom. The Morgan fingerprint density at radius 3 is 3.18 bits per heavy atom. The summed E-state index contributed by atoms with van der Waals surface area (Å²) in [7, 11) is 0. The zero-order valence-corrected chi connectivity index (χ0v) is 10.1. The summed E-state index contributed by atoms with van der Waals surface area (Å²) in [6, 6.07) is 6.32. The molecule has 2 aromatic rings. The fourth-order valence-electron chi connectivity index (χ4n) is 2.64. The van der Waals surface area contributed by atoms with E-state index in [0.717, 1.165) is 36.5 Å². The maximum Gasteiger partial charge on any atom is 0.112 e. The fraction of sp³-hybridized carbons (Fsp3) is 0.462. The monoisotopic (exact) mass is 230 g/mol. The molecule has 17 heavy (non-hydrogen) atoms. The molecule has 2 heterocycles. The Hall–Kier alpha value is -1.55. The molecule has 4 heteroatoms. The van der Waals surface area contributed by atoms with Gasteiger partial charge in [0, 0.05) is 13.1 Å². The van der Waals surface area contributed by atoms with Crippen molar-refractivity contribution in [3.05, 3.63) is 24.0 Å². The summed E-state index contributed by atoms with van der Waals surface area (Å²) >= 11 is 0. The van der Waals surface area contributed by atoms with E-state index in [1.165, 1.54) is 12.1 Å². The molecule has 0 radical (unpaired) electrons. The number of aryl methyl sites for hydroxylation is 1. The molecule has 1 saturated heterocycles. The SMILES string of the molecule is Cc1nc2c(N3CCC(CN)C3)cccc2[nH]1. The maximum absolute atomic E-state index is 5.74. The minimum absolute atomic E-state index is 0.630. The van der Waals surface area contributed by atoms with Crippen LogP contribution in [0.1, 0.15) is 12.2 Å². The smallest absolute Gasteiger partial charge is 0.112 e. The number of hydrogen-bond acceptors (Lipinski definition) is 3. The van der Waals surface area contributed by atoms with E-state index in [-0.39, 0.29) is 0 Å². The number of benzene rings is 1. The number of fused-ring (bicyclic) bond motifs is 1. The first-order chi connectivity index (χ1) is 8.28. The summed E-state index contributed by atoms with van der Waals surface area (Å²) in [4.78, 5) is 10.3. The first kappa shape index (κ1) is 10.6. The zero-order valence-electron chi connectivity index (χ0n) is 10.1. The van der Waals surface area contributed by atoms with Gasteiger partial charge in [0.25, 0.3) is 0 Å². The first-order valence-electron chi connectivity index (χ1n) is 6.18. The number of rotatable bonds is 2. The third kappa shape index (κ3) is 1.78. The summed E-state index contributed by atoms with van der Waals surface area (Å²) in [6.07, 6.45) is 1.19. The summed E-state index contributed by atoms with van der Waals surface area (Å²) < 4.78 is 0. The molecule has 0 saturated carbocycles. The molecule has 0 amide bonds. The van der Waals surface area contributed by atoms with Crippen LogP contribution in [0.25, 0.3) is 11.0 Å². The minimum atomic E-state index is 0.630. The molecule has 0 bridgehead atoms. The lowest BCUT2D eigenvalue weighted by atomic mass is 10.1. The Morgan fingerprint density at radius 1 is 1.53 bits per heavy atom. The number of anilines is 1. The summed E-state index contributed by atoms with van der Waals surface area (Å²) in [5.41, 5.74) is 9.19. The number of H-pyrrole nitrogens is 1. The van der Waals surface area contributed by atoms with Crippen molar-refractivity contribution in [2.45, 2.75) is 13.3 Å². The normalized spacial score (nSPS) is 20.4. The van der Waals surface area contributed by atoms with Gasteiger partial charge in [0.05, 0.1) is 11.2 Å². The van der Waals surface area contributed by atoms with Crippen molar-refractivity contribution in [3.8, 4) is 0 Å². The highest BCUT2D eigenvalue weighted by molar-refractivity contribution is 5.89. The van der Waals surface area contributed by atoms with Crippen molar-refractivity contribution in [2.24, 2.45) is 11.7 Å². The zero-order chi connectivity index (χ0) is 11.8. The van der Waals surface area contributed by atoms with E-state index in [9.17, 15) is 0 Å².